The molecule has 0 saturated carbocycles. The molecule has 1 saturated heterocycles. The van der Waals surface area contributed by atoms with Gasteiger partial charge in [-0.05, 0) is 80.6 Å². The lowest BCUT2D eigenvalue weighted by molar-refractivity contribution is -0.136. The number of aliphatic imine (C=N–C) groups is 1. The highest BCUT2D eigenvalue weighted by Crippen LogP contribution is 2.33. The number of likely N-dealkylation sites (tertiary alicyclic amines) is 1. The van der Waals surface area contributed by atoms with E-state index in [1.54, 1.807) is 0 Å². The summed E-state index contributed by atoms with van der Waals surface area (Å²) in [6, 6.07) is 18.1. The molecule has 36 heavy (non-hydrogen) atoms. The monoisotopic (exact) mass is 478 g/mol. The number of hydrogen-bond acceptors (Lipinski definition) is 4. The van der Waals surface area contributed by atoms with E-state index in [1.807, 2.05) is 19.2 Å². The van der Waals surface area contributed by atoms with Crippen LogP contribution in [0.1, 0.15) is 70.4 Å². The molecule has 3 aliphatic heterocycles. The van der Waals surface area contributed by atoms with Crippen LogP contribution in [0.15, 0.2) is 59.7 Å². The highest BCUT2D eigenvalue weighted by molar-refractivity contribution is 6.15. The first kappa shape index (κ1) is 23.1. The maximum Gasteiger partial charge on any atom is 0.227 e. The molecule has 1 aromatic heterocycles. The molecular formula is C31H34N4O. The van der Waals surface area contributed by atoms with E-state index in [0.29, 0.717) is 25.6 Å². The number of fused-ring (bicyclic) bond motifs is 2. The Bertz CT molecular complexity index is 1360. The van der Waals surface area contributed by atoms with E-state index in [0.717, 1.165) is 42.9 Å². The Kier molecular flexibility index (Phi) is 5.96. The zero-order valence-electron chi connectivity index (χ0n) is 21.5. The largest absolute Gasteiger partial charge is 0.334 e. The summed E-state index contributed by atoms with van der Waals surface area (Å²) in [7, 11) is 0. The summed E-state index contributed by atoms with van der Waals surface area (Å²) >= 11 is 0. The molecule has 3 aromatic rings. The number of amides is 1. The van der Waals surface area contributed by atoms with Crippen LogP contribution in [0.25, 0.3) is 0 Å². The van der Waals surface area contributed by atoms with E-state index >= 15 is 0 Å². The maximum absolute atomic E-state index is 13.3. The molecule has 0 bridgehead atoms. The topological polar surface area (TPSA) is 48.8 Å². The molecular weight excluding hydrogens is 444 g/mol. The number of benzene rings is 2. The number of carbonyl (C=O) groups is 1. The lowest BCUT2D eigenvalue weighted by Gasteiger charge is -2.43. The second-order valence-electron chi connectivity index (χ2n) is 10.7. The zero-order valence-corrected chi connectivity index (χ0v) is 21.5. The summed E-state index contributed by atoms with van der Waals surface area (Å²) in [5.74, 6) is 0.265. The van der Waals surface area contributed by atoms with Crippen molar-refractivity contribution in [1.29, 1.82) is 0 Å². The number of pyridine rings is 1. The second kappa shape index (κ2) is 9.29. The first-order valence-electron chi connectivity index (χ1n) is 13.2. The summed E-state index contributed by atoms with van der Waals surface area (Å²) in [5.41, 5.74) is 10.7. The first-order valence-corrected chi connectivity index (χ1v) is 13.2. The van der Waals surface area contributed by atoms with Crippen molar-refractivity contribution in [1.82, 2.24) is 14.8 Å². The van der Waals surface area contributed by atoms with Gasteiger partial charge in [0.15, 0.2) is 0 Å². The summed E-state index contributed by atoms with van der Waals surface area (Å²) in [4.78, 5) is 27.3. The second-order valence-corrected chi connectivity index (χ2v) is 10.7. The molecule has 1 amide bonds. The number of nitrogens with zero attached hydrogens (tertiary/aromatic N) is 4. The molecule has 2 atom stereocenters. The van der Waals surface area contributed by atoms with Crippen molar-refractivity contribution in [3.63, 3.8) is 0 Å². The third-order valence-electron chi connectivity index (χ3n) is 8.20. The van der Waals surface area contributed by atoms with Crippen LogP contribution in [0.5, 0.6) is 0 Å². The summed E-state index contributed by atoms with van der Waals surface area (Å²) < 4.78 is 0. The highest BCUT2D eigenvalue weighted by Gasteiger charge is 2.34. The molecule has 0 spiro atoms. The molecule has 5 heteroatoms. The lowest BCUT2D eigenvalue weighted by Crippen LogP contribution is -2.52. The predicted molar refractivity (Wildman–Crippen MR) is 143 cm³/mol. The molecule has 184 valence electrons. The lowest BCUT2D eigenvalue weighted by atomic mass is 9.89. The Hall–Kier alpha value is -3.31. The van der Waals surface area contributed by atoms with Gasteiger partial charge < -0.3 is 4.90 Å². The smallest absolute Gasteiger partial charge is 0.227 e. The zero-order chi connectivity index (χ0) is 24.8. The molecule has 0 radical (unpaired) electrons. The standard InChI is InChI=1S/C31H34N4O/c1-20-6-4-7-23(12-20)22(3)34-11-5-8-28(19-34)35-18-27-15-29-26(14-25(27)16-30(35)36)17-33-31(29)24-9-10-32-21(2)13-24/h4,6-7,9-10,12-15,22,28H,5,8,11,16-19H2,1-3H3/t22?,28-/m1/s1. The minimum atomic E-state index is 0.260. The highest BCUT2D eigenvalue weighted by atomic mass is 16.2. The van der Waals surface area contributed by atoms with Crippen molar-refractivity contribution in [3.8, 4) is 0 Å². The van der Waals surface area contributed by atoms with Crippen molar-refractivity contribution in [2.24, 2.45) is 4.99 Å². The van der Waals surface area contributed by atoms with Crippen LogP contribution in [0.3, 0.4) is 0 Å². The fourth-order valence-electron chi connectivity index (χ4n) is 6.19. The molecule has 5 nitrogen and oxygen atoms in total. The van der Waals surface area contributed by atoms with Crippen LogP contribution in [-0.2, 0) is 24.3 Å². The third kappa shape index (κ3) is 4.26. The van der Waals surface area contributed by atoms with Gasteiger partial charge in [0.05, 0.1) is 18.7 Å². The van der Waals surface area contributed by atoms with Gasteiger partial charge in [-0.2, -0.15) is 0 Å². The Balaban J connectivity index is 1.23. The predicted octanol–water partition coefficient (Wildman–Crippen LogP) is 5.16. The van der Waals surface area contributed by atoms with Crippen molar-refractivity contribution in [2.75, 3.05) is 13.1 Å². The van der Waals surface area contributed by atoms with Crippen LogP contribution in [-0.4, -0.2) is 45.5 Å². The van der Waals surface area contributed by atoms with E-state index in [-0.39, 0.29) is 11.9 Å². The summed E-state index contributed by atoms with van der Waals surface area (Å²) in [6.07, 6.45) is 4.55. The molecule has 4 heterocycles. The molecule has 3 aliphatic rings. The molecule has 0 aliphatic carbocycles. The average Bonchev–Trinajstić information content (AvgIpc) is 3.29. The van der Waals surface area contributed by atoms with Crippen LogP contribution in [0.2, 0.25) is 0 Å². The molecule has 1 fully saturated rings. The van der Waals surface area contributed by atoms with E-state index in [9.17, 15) is 4.79 Å². The minimum absolute atomic E-state index is 0.260. The van der Waals surface area contributed by atoms with Gasteiger partial charge >= 0.3 is 0 Å². The van der Waals surface area contributed by atoms with Gasteiger partial charge in [0.2, 0.25) is 5.91 Å². The van der Waals surface area contributed by atoms with Gasteiger partial charge in [-0.1, -0.05) is 35.9 Å². The molecule has 0 N–H and O–H groups in total. The number of hydrogen-bond donors (Lipinski definition) is 0. The van der Waals surface area contributed by atoms with E-state index in [2.05, 4.69) is 71.1 Å². The number of aromatic nitrogens is 1. The SMILES string of the molecule is Cc1cccc(C(C)N2CCC[C@@H](N3Cc4cc5c(cc4CC3=O)CN=C5c3ccnc(C)c3)C2)c1. The van der Waals surface area contributed by atoms with Crippen LogP contribution < -0.4 is 0 Å². The molecule has 6 rings (SSSR count). The van der Waals surface area contributed by atoms with Crippen LogP contribution >= 0.6 is 0 Å². The van der Waals surface area contributed by atoms with Crippen molar-refractivity contribution in [3.05, 3.63) is 99.4 Å². The number of carbonyl (C=O) groups excluding carboxylic acids is 1. The Morgan fingerprint density at radius 1 is 1.03 bits per heavy atom. The summed E-state index contributed by atoms with van der Waals surface area (Å²) in [5, 5.41) is 0. The quantitative estimate of drug-likeness (QED) is 0.520. The van der Waals surface area contributed by atoms with Crippen molar-refractivity contribution >= 4 is 11.6 Å². The van der Waals surface area contributed by atoms with Gasteiger partial charge in [-0.3, -0.25) is 19.7 Å². The molecule has 2 aromatic carbocycles. The minimum Gasteiger partial charge on any atom is -0.334 e. The Morgan fingerprint density at radius 2 is 1.92 bits per heavy atom. The first-order chi connectivity index (χ1) is 17.5. The van der Waals surface area contributed by atoms with Gasteiger partial charge in [0.25, 0.3) is 0 Å². The third-order valence-corrected chi connectivity index (χ3v) is 8.20. The van der Waals surface area contributed by atoms with Gasteiger partial charge in [0, 0.05) is 48.2 Å². The average molecular weight is 479 g/mol. The van der Waals surface area contributed by atoms with Gasteiger partial charge in [-0.15, -0.1) is 0 Å². The fourth-order valence-corrected chi connectivity index (χ4v) is 6.19. The normalized spacial score (nSPS) is 20.6. The van der Waals surface area contributed by atoms with Gasteiger partial charge in [-0.25, -0.2) is 0 Å². The van der Waals surface area contributed by atoms with E-state index < -0.39 is 0 Å². The van der Waals surface area contributed by atoms with Gasteiger partial charge in [0.1, 0.15) is 0 Å². The summed E-state index contributed by atoms with van der Waals surface area (Å²) in [6.45, 7) is 9.88. The maximum atomic E-state index is 13.3. The van der Waals surface area contributed by atoms with Crippen LogP contribution in [0.4, 0.5) is 0 Å². The number of piperidine rings is 1. The number of aryl methyl sites for hydroxylation is 2. The fraction of sp³-hybridized carbons (Fsp3) is 0.387. The van der Waals surface area contributed by atoms with Crippen LogP contribution in [0, 0.1) is 13.8 Å². The molecule has 1 unspecified atom stereocenters. The number of rotatable bonds is 4. The van der Waals surface area contributed by atoms with Crippen molar-refractivity contribution in [2.45, 2.75) is 65.2 Å². The Labute approximate surface area is 213 Å². The van der Waals surface area contributed by atoms with E-state index in [1.165, 1.54) is 33.4 Å². The Morgan fingerprint density at radius 3 is 2.75 bits per heavy atom. The van der Waals surface area contributed by atoms with Crippen molar-refractivity contribution < 1.29 is 4.79 Å². The van der Waals surface area contributed by atoms with E-state index in [4.69, 9.17) is 4.99 Å².